The van der Waals surface area contributed by atoms with Crippen molar-refractivity contribution in [2.24, 2.45) is 29.6 Å². The second-order valence-electron chi connectivity index (χ2n) is 7.32. The first-order chi connectivity index (χ1) is 10.3. The molecular formula is C19H30O3. The van der Waals surface area contributed by atoms with E-state index in [1.807, 2.05) is 19.9 Å². The van der Waals surface area contributed by atoms with Gasteiger partial charge in [0, 0.05) is 12.3 Å². The van der Waals surface area contributed by atoms with E-state index in [4.69, 9.17) is 4.74 Å². The topological polar surface area (TPSA) is 46.5 Å². The van der Waals surface area contributed by atoms with Crippen LogP contribution in [0.1, 0.15) is 47.5 Å². The summed E-state index contributed by atoms with van der Waals surface area (Å²) in [5.74, 6) is 1.40. The molecule has 1 unspecified atom stereocenters. The Morgan fingerprint density at radius 3 is 2.68 bits per heavy atom. The van der Waals surface area contributed by atoms with Gasteiger partial charge in [-0.3, -0.25) is 4.79 Å². The van der Waals surface area contributed by atoms with E-state index < -0.39 is 6.10 Å². The van der Waals surface area contributed by atoms with Crippen molar-refractivity contribution < 1.29 is 14.6 Å². The zero-order valence-electron chi connectivity index (χ0n) is 14.5. The molecule has 0 aromatic rings. The molecule has 0 heterocycles. The molecule has 0 saturated carbocycles. The summed E-state index contributed by atoms with van der Waals surface area (Å²) >= 11 is 0. The number of aliphatic hydroxyl groups is 1. The molecule has 0 aromatic heterocycles. The molecule has 2 aliphatic rings. The van der Waals surface area contributed by atoms with Gasteiger partial charge in [0.2, 0.25) is 0 Å². The van der Waals surface area contributed by atoms with Gasteiger partial charge in [-0.2, -0.15) is 0 Å². The van der Waals surface area contributed by atoms with Crippen molar-refractivity contribution in [3.8, 4) is 0 Å². The van der Waals surface area contributed by atoms with Gasteiger partial charge in [-0.15, -0.1) is 0 Å². The molecule has 3 heteroatoms. The second kappa shape index (κ2) is 6.99. The molecule has 22 heavy (non-hydrogen) atoms. The van der Waals surface area contributed by atoms with Crippen molar-refractivity contribution in [2.75, 3.05) is 0 Å². The van der Waals surface area contributed by atoms with Crippen LogP contribution in [0.3, 0.4) is 0 Å². The van der Waals surface area contributed by atoms with Crippen LogP contribution in [-0.4, -0.2) is 23.3 Å². The highest BCUT2D eigenvalue weighted by Gasteiger charge is 2.43. The molecule has 0 aliphatic heterocycles. The summed E-state index contributed by atoms with van der Waals surface area (Å²) in [7, 11) is 0. The van der Waals surface area contributed by atoms with Crippen molar-refractivity contribution in [3.63, 3.8) is 0 Å². The molecule has 0 bridgehead atoms. The highest BCUT2D eigenvalue weighted by atomic mass is 16.5. The predicted molar refractivity (Wildman–Crippen MR) is 88.2 cm³/mol. The third kappa shape index (κ3) is 3.45. The standard InChI is InChI=1S/C19H30O3/c1-6-12(4)19(21)22-16-10-15(20)9-14-8-7-13(5)17(11(2)3)18(14)16/h7-9,11-13,15-18,20H,6,10H2,1-5H3/t12-,13+,15+,16-,17-,18?/m0/s1. The summed E-state index contributed by atoms with van der Waals surface area (Å²) in [6.45, 7) is 10.6. The van der Waals surface area contributed by atoms with Crippen molar-refractivity contribution in [1.82, 2.24) is 0 Å². The van der Waals surface area contributed by atoms with E-state index in [1.54, 1.807) is 0 Å². The van der Waals surface area contributed by atoms with Gasteiger partial charge >= 0.3 is 5.97 Å². The number of ether oxygens (including phenoxy) is 1. The predicted octanol–water partition coefficient (Wildman–Crippen LogP) is 3.73. The number of allylic oxidation sites excluding steroid dienone is 2. The lowest BCUT2D eigenvalue weighted by Crippen LogP contribution is -2.44. The SMILES string of the molecule is CC[C@H](C)C(=O)O[C@H]1C[C@H](O)C=C2C=C[C@@H](C)[C@H](C(C)C)C21. The maximum absolute atomic E-state index is 12.2. The Balaban J connectivity index is 2.28. The Bertz CT molecular complexity index is 463. The third-order valence-electron chi connectivity index (χ3n) is 5.31. The van der Waals surface area contributed by atoms with E-state index >= 15 is 0 Å². The lowest BCUT2D eigenvalue weighted by molar-refractivity contribution is -0.159. The Morgan fingerprint density at radius 2 is 2.09 bits per heavy atom. The maximum atomic E-state index is 12.2. The summed E-state index contributed by atoms with van der Waals surface area (Å²) in [5, 5.41) is 10.1. The van der Waals surface area contributed by atoms with Crippen molar-refractivity contribution in [3.05, 3.63) is 23.8 Å². The Morgan fingerprint density at radius 1 is 1.41 bits per heavy atom. The number of fused-ring (bicyclic) bond motifs is 1. The molecule has 124 valence electrons. The van der Waals surface area contributed by atoms with Crippen molar-refractivity contribution in [2.45, 2.75) is 59.7 Å². The molecule has 1 N–H and O–H groups in total. The fraction of sp³-hybridized carbons (Fsp3) is 0.737. The summed E-state index contributed by atoms with van der Waals surface area (Å²) in [6.07, 6.45) is 6.84. The van der Waals surface area contributed by atoms with E-state index in [0.717, 1.165) is 12.0 Å². The van der Waals surface area contributed by atoms with Gasteiger partial charge in [-0.25, -0.2) is 0 Å². The van der Waals surface area contributed by atoms with Gasteiger partial charge in [0.1, 0.15) is 6.10 Å². The molecule has 2 rings (SSSR count). The van der Waals surface area contributed by atoms with Crippen LogP contribution in [0.2, 0.25) is 0 Å². The molecule has 0 aromatic carbocycles. The van der Waals surface area contributed by atoms with Crippen molar-refractivity contribution in [1.29, 1.82) is 0 Å². The molecular weight excluding hydrogens is 276 g/mol. The van der Waals surface area contributed by atoms with Gasteiger partial charge in [0.15, 0.2) is 0 Å². The van der Waals surface area contributed by atoms with Crippen LogP contribution < -0.4 is 0 Å². The molecule has 0 amide bonds. The number of rotatable bonds is 4. The average Bonchev–Trinajstić information content (AvgIpc) is 2.46. The third-order valence-corrected chi connectivity index (χ3v) is 5.31. The molecule has 3 nitrogen and oxygen atoms in total. The molecule has 0 fully saturated rings. The first kappa shape index (κ1) is 17.3. The van der Waals surface area contributed by atoms with E-state index in [0.29, 0.717) is 24.2 Å². The fourth-order valence-electron chi connectivity index (χ4n) is 3.93. The van der Waals surface area contributed by atoms with Gasteiger partial charge in [0.05, 0.1) is 12.0 Å². The Labute approximate surface area is 134 Å². The Hall–Kier alpha value is -1.09. The van der Waals surface area contributed by atoms with Crippen molar-refractivity contribution >= 4 is 5.97 Å². The van der Waals surface area contributed by atoms with Crippen LogP contribution in [0, 0.1) is 29.6 Å². The summed E-state index contributed by atoms with van der Waals surface area (Å²) in [6, 6.07) is 0. The number of hydrogen-bond donors (Lipinski definition) is 1. The summed E-state index contributed by atoms with van der Waals surface area (Å²) in [5.41, 5.74) is 1.14. The number of aliphatic hydroxyl groups excluding tert-OH is 1. The van der Waals surface area contributed by atoms with Crippen LogP contribution >= 0.6 is 0 Å². The molecule has 0 radical (unpaired) electrons. The highest BCUT2D eigenvalue weighted by Crippen LogP contribution is 2.44. The van der Waals surface area contributed by atoms with Crippen LogP contribution in [0.4, 0.5) is 0 Å². The highest BCUT2D eigenvalue weighted by molar-refractivity contribution is 5.72. The first-order valence-corrected chi connectivity index (χ1v) is 8.63. The number of carbonyl (C=O) groups excluding carboxylic acids is 1. The first-order valence-electron chi connectivity index (χ1n) is 8.63. The monoisotopic (exact) mass is 306 g/mol. The van der Waals surface area contributed by atoms with Gasteiger partial charge in [-0.1, -0.05) is 52.8 Å². The van der Waals surface area contributed by atoms with Crippen LogP contribution in [0.5, 0.6) is 0 Å². The molecule has 2 aliphatic carbocycles. The largest absolute Gasteiger partial charge is 0.461 e. The lowest BCUT2D eigenvalue weighted by atomic mass is 9.64. The fourth-order valence-corrected chi connectivity index (χ4v) is 3.93. The summed E-state index contributed by atoms with van der Waals surface area (Å²) in [4.78, 5) is 12.2. The minimum atomic E-state index is -0.521. The average molecular weight is 306 g/mol. The van der Waals surface area contributed by atoms with Crippen LogP contribution in [0.25, 0.3) is 0 Å². The van der Waals surface area contributed by atoms with E-state index in [9.17, 15) is 9.90 Å². The minimum Gasteiger partial charge on any atom is -0.461 e. The maximum Gasteiger partial charge on any atom is 0.308 e. The zero-order valence-corrected chi connectivity index (χ0v) is 14.5. The van der Waals surface area contributed by atoms with Gasteiger partial charge < -0.3 is 9.84 Å². The Kier molecular flexibility index (Phi) is 5.49. The zero-order chi connectivity index (χ0) is 16.4. The van der Waals surface area contributed by atoms with E-state index in [-0.39, 0.29) is 23.9 Å². The second-order valence-corrected chi connectivity index (χ2v) is 7.32. The summed E-state index contributed by atoms with van der Waals surface area (Å²) < 4.78 is 5.84. The normalized spacial score (nSPS) is 35.8. The number of hydrogen-bond acceptors (Lipinski definition) is 3. The van der Waals surface area contributed by atoms with Crippen LogP contribution in [0.15, 0.2) is 23.8 Å². The quantitative estimate of drug-likeness (QED) is 0.805. The smallest absolute Gasteiger partial charge is 0.308 e. The van der Waals surface area contributed by atoms with Gasteiger partial charge in [-0.05, 0) is 29.7 Å². The minimum absolute atomic E-state index is 0.0828. The molecule has 0 saturated heterocycles. The van der Waals surface area contributed by atoms with Gasteiger partial charge in [0.25, 0.3) is 0 Å². The van der Waals surface area contributed by atoms with E-state index in [1.165, 1.54) is 0 Å². The number of esters is 1. The van der Waals surface area contributed by atoms with E-state index in [2.05, 4.69) is 32.9 Å². The molecule has 6 atom stereocenters. The lowest BCUT2D eigenvalue weighted by Gasteiger charge is -2.44. The van der Waals surface area contributed by atoms with Crippen LogP contribution in [-0.2, 0) is 9.53 Å². The molecule has 0 spiro atoms. The number of carbonyl (C=O) groups is 1.